The van der Waals surface area contributed by atoms with E-state index in [2.05, 4.69) is 25.8 Å². The van der Waals surface area contributed by atoms with Gasteiger partial charge in [0.15, 0.2) is 5.69 Å². The van der Waals surface area contributed by atoms with E-state index < -0.39 is 4.92 Å². The molecule has 0 atom stereocenters. The zero-order valence-electron chi connectivity index (χ0n) is 15.6. The van der Waals surface area contributed by atoms with Gasteiger partial charge in [0.05, 0.1) is 10.5 Å². The van der Waals surface area contributed by atoms with Gasteiger partial charge in [-0.25, -0.2) is 9.97 Å². The Morgan fingerprint density at radius 1 is 0.966 bits per heavy atom. The summed E-state index contributed by atoms with van der Waals surface area (Å²) in [5, 5.41) is 20.8. The number of nitriles is 1. The van der Waals surface area contributed by atoms with Crippen LogP contribution in [0.5, 0.6) is 0 Å². The predicted molar refractivity (Wildman–Crippen MR) is 110 cm³/mol. The van der Waals surface area contributed by atoms with E-state index in [9.17, 15) is 15.4 Å². The number of benzene rings is 1. The Morgan fingerprint density at radius 3 is 2.38 bits per heavy atom. The Morgan fingerprint density at radius 2 is 1.69 bits per heavy atom. The number of hydrogen-bond acceptors (Lipinski definition) is 7. The fourth-order valence-electron chi connectivity index (χ4n) is 3.46. The summed E-state index contributed by atoms with van der Waals surface area (Å²) in [6, 6.07) is 18.1. The predicted octanol–water partition coefficient (Wildman–Crippen LogP) is 3.25. The molecule has 144 valence electrons. The molecule has 2 aromatic heterocycles. The lowest BCUT2D eigenvalue weighted by molar-refractivity contribution is -0.384. The second kappa shape index (κ2) is 7.94. The van der Waals surface area contributed by atoms with Crippen LogP contribution in [0.1, 0.15) is 5.56 Å². The molecule has 0 spiro atoms. The Balaban J connectivity index is 1.58. The molecule has 0 amide bonds. The summed E-state index contributed by atoms with van der Waals surface area (Å²) >= 11 is 0. The molecular formula is C21H18N6O2. The van der Waals surface area contributed by atoms with Crippen LogP contribution in [0.4, 0.5) is 17.3 Å². The zero-order chi connectivity index (χ0) is 20.2. The first-order valence-corrected chi connectivity index (χ1v) is 9.23. The Kier molecular flexibility index (Phi) is 5.03. The fourth-order valence-corrected chi connectivity index (χ4v) is 3.46. The fraction of sp³-hybridized carbons (Fsp3) is 0.190. The van der Waals surface area contributed by atoms with Gasteiger partial charge < -0.3 is 9.80 Å². The maximum atomic E-state index is 11.5. The van der Waals surface area contributed by atoms with Crippen LogP contribution >= 0.6 is 0 Å². The number of aromatic nitrogens is 2. The number of pyridine rings is 2. The molecule has 1 aliphatic rings. The highest BCUT2D eigenvalue weighted by Gasteiger charge is 2.24. The molecular weight excluding hydrogens is 368 g/mol. The van der Waals surface area contributed by atoms with Gasteiger partial charge in [-0.3, -0.25) is 10.1 Å². The maximum absolute atomic E-state index is 11.5. The summed E-state index contributed by atoms with van der Waals surface area (Å²) < 4.78 is 0. The first-order chi connectivity index (χ1) is 14.2. The van der Waals surface area contributed by atoms with Gasteiger partial charge >= 0.3 is 0 Å². The van der Waals surface area contributed by atoms with E-state index in [4.69, 9.17) is 0 Å². The third-order valence-corrected chi connectivity index (χ3v) is 4.91. The van der Waals surface area contributed by atoms with Crippen LogP contribution in [-0.2, 0) is 0 Å². The van der Waals surface area contributed by atoms with Crippen molar-refractivity contribution in [3.05, 3.63) is 76.5 Å². The Labute approximate surface area is 167 Å². The lowest BCUT2D eigenvalue weighted by atomic mass is 10.1. The third-order valence-electron chi connectivity index (χ3n) is 4.91. The van der Waals surface area contributed by atoms with Crippen LogP contribution < -0.4 is 9.80 Å². The summed E-state index contributed by atoms with van der Waals surface area (Å²) in [6.45, 7) is 2.73. The summed E-state index contributed by atoms with van der Waals surface area (Å²) in [5.41, 5.74) is 1.63. The van der Waals surface area contributed by atoms with Crippen molar-refractivity contribution < 1.29 is 4.92 Å². The Bertz CT molecular complexity index is 1070. The highest BCUT2D eigenvalue weighted by Crippen LogP contribution is 2.31. The van der Waals surface area contributed by atoms with Crippen molar-refractivity contribution in [3.8, 4) is 17.3 Å². The van der Waals surface area contributed by atoms with Crippen molar-refractivity contribution >= 4 is 17.3 Å². The molecule has 3 aromatic rings. The topological polar surface area (TPSA) is 99.2 Å². The van der Waals surface area contributed by atoms with Crippen molar-refractivity contribution in [2.75, 3.05) is 36.0 Å². The largest absolute Gasteiger partial charge is 0.353 e. The molecule has 0 unspecified atom stereocenters. The molecule has 1 aliphatic heterocycles. The number of anilines is 2. The molecule has 0 N–H and O–H groups in total. The van der Waals surface area contributed by atoms with Gasteiger partial charge in [0, 0.05) is 44.0 Å². The number of nitrogens with zero attached hydrogens (tertiary/aromatic N) is 6. The first-order valence-electron chi connectivity index (χ1n) is 9.23. The molecule has 0 bridgehead atoms. The quantitative estimate of drug-likeness (QED) is 0.501. The number of hydrogen-bond donors (Lipinski definition) is 0. The van der Waals surface area contributed by atoms with E-state index >= 15 is 0 Å². The third kappa shape index (κ3) is 3.71. The van der Waals surface area contributed by atoms with Gasteiger partial charge in [0.2, 0.25) is 0 Å². The monoisotopic (exact) mass is 386 g/mol. The molecule has 0 radical (unpaired) electrons. The molecule has 0 saturated carbocycles. The zero-order valence-corrected chi connectivity index (χ0v) is 15.6. The standard InChI is InChI=1S/C21H18N6O2/c22-15-17-7-4-10-23-21(17)26-13-11-25(12-14-26)19-9-8-18(27(28)29)20(24-19)16-5-2-1-3-6-16/h1-10H,11-14H2. The summed E-state index contributed by atoms with van der Waals surface area (Å²) in [4.78, 5) is 24.2. The molecule has 8 nitrogen and oxygen atoms in total. The minimum atomic E-state index is -0.401. The highest BCUT2D eigenvalue weighted by molar-refractivity contribution is 5.71. The molecule has 4 rings (SSSR count). The SMILES string of the molecule is N#Cc1cccnc1N1CCN(c2ccc([N+](=O)[O-])c(-c3ccccc3)n2)CC1. The van der Waals surface area contributed by atoms with Crippen LogP contribution in [0.25, 0.3) is 11.3 Å². The average Bonchev–Trinajstić information content (AvgIpc) is 2.79. The van der Waals surface area contributed by atoms with Crippen molar-refractivity contribution in [1.82, 2.24) is 9.97 Å². The van der Waals surface area contributed by atoms with Crippen LogP contribution in [-0.4, -0.2) is 41.1 Å². The van der Waals surface area contributed by atoms with Crippen LogP contribution in [0, 0.1) is 21.4 Å². The lowest BCUT2D eigenvalue weighted by Gasteiger charge is -2.36. The van der Waals surface area contributed by atoms with Crippen LogP contribution in [0.3, 0.4) is 0 Å². The summed E-state index contributed by atoms with van der Waals surface area (Å²) in [6.07, 6.45) is 1.69. The molecule has 1 aromatic carbocycles. The van der Waals surface area contributed by atoms with E-state index in [0.29, 0.717) is 54.6 Å². The second-order valence-corrected chi connectivity index (χ2v) is 6.62. The number of nitro groups is 1. The summed E-state index contributed by atoms with van der Waals surface area (Å²) in [7, 11) is 0. The molecule has 0 aliphatic carbocycles. The Hall–Kier alpha value is -3.99. The van der Waals surface area contributed by atoms with Crippen molar-refractivity contribution in [2.24, 2.45) is 0 Å². The summed E-state index contributed by atoms with van der Waals surface area (Å²) in [5.74, 6) is 1.40. The van der Waals surface area contributed by atoms with Crippen molar-refractivity contribution in [2.45, 2.75) is 0 Å². The van der Waals surface area contributed by atoms with Crippen LogP contribution in [0.2, 0.25) is 0 Å². The smallest absolute Gasteiger partial charge is 0.295 e. The number of piperazine rings is 1. The van der Waals surface area contributed by atoms with Gasteiger partial charge in [-0.2, -0.15) is 5.26 Å². The van der Waals surface area contributed by atoms with Gasteiger partial charge in [0.25, 0.3) is 5.69 Å². The molecule has 1 fully saturated rings. The van der Waals surface area contributed by atoms with E-state index in [1.807, 2.05) is 30.3 Å². The highest BCUT2D eigenvalue weighted by atomic mass is 16.6. The molecule has 29 heavy (non-hydrogen) atoms. The van der Waals surface area contributed by atoms with E-state index in [1.165, 1.54) is 6.07 Å². The minimum Gasteiger partial charge on any atom is -0.353 e. The van der Waals surface area contributed by atoms with Crippen molar-refractivity contribution in [1.29, 1.82) is 5.26 Å². The van der Waals surface area contributed by atoms with E-state index in [1.54, 1.807) is 24.4 Å². The lowest BCUT2D eigenvalue weighted by Crippen LogP contribution is -2.47. The average molecular weight is 386 g/mol. The number of rotatable bonds is 4. The van der Waals surface area contributed by atoms with E-state index in [-0.39, 0.29) is 5.69 Å². The second-order valence-electron chi connectivity index (χ2n) is 6.62. The maximum Gasteiger partial charge on any atom is 0.295 e. The van der Waals surface area contributed by atoms with Gasteiger partial charge in [-0.05, 0) is 18.2 Å². The van der Waals surface area contributed by atoms with Crippen LogP contribution in [0.15, 0.2) is 60.8 Å². The van der Waals surface area contributed by atoms with E-state index in [0.717, 1.165) is 0 Å². The van der Waals surface area contributed by atoms with Gasteiger partial charge in [-0.15, -0.1) is 0 Å². The first kappa shape index (κ1) is 18.4. The normalized spacial score (nSPS) is 13.8. The van der Waals surface area contributed by atoms with Crippen molar-refractivity contribution in [3.63, 3.8) is 0 Å². The molecule has 1 saturated heterocycles. The van der Waals surface area contributed by atoms with Gasteiger partial charge in [-0.1, -0.05) is 30.3 Å². The minimum absolute atomic E-state index is 0.00858. The molecule has 3 heterocycles. The molecule has 8 heteroatoms. The van der Waals surface area contributed by atoms with Gasteiger partial charge in [0.1, 0.15) is 17.7 Å².